The molecule has 2 aromatic rings. The monoisotopic (exact) mass is 386 g/mol. The SMILES string of the molecule is CCOC(=O)CN(NC(=O)OCc1ccccc1)C(=O)OCc1ccccc1. The van der Waals surface area contributed by atoms with E-state index in [4.69, 9.17) is 14.2 Å². The fourth-order valence-electron chi connectivity index (χ4n) is 2.15. The summed E-state index contributed by atoms with van der Waals surface area (Å²) in [5, 5.41) is 0.717. The molecular weight excluding hydrogens is 364 g/mol. The Bertz CT molecular complexity index is 767. The van der Waals surface area contributed by atoms with Gasteiger partial charge in [-0.3, -0.25) is 4.79 Å². The molecule has 0 unspecified atom stereocenters. The average molecular weight is 386 g/mol. The number of nitrogens with one attached hydrogen (secondary N) is 1. The molecule has 148 valence electrons. The number of hydrogen-bond acceptors (Lipinski definition) is 6. The lowest BCUT2D eigenvalue weighted by Crippen LogP contribution is -2.49. The van der Waals surface area contributed by atoms with Gasteiger partial charge in [0.15, 0.2) is 0 Å². The number of carbonyl (C=O) groups excluding carboxylic acids is 3. The Morgan fingerprint density at radius 2 is 1.36 bits per heavy atom. The molecule has 0 saturated carbocycles. The van der Waals surface area contributed by atoms with E-state index in [0.717, 1.165) is 11.1 Å². The summed E-state index contributed by atoms with van der Waals surface area (Å²) in [6.07, 6.45) is -1.81. The molecule has 0 aliphatic rings. The summed E-state index contributed by atoms with van der Waals surface area (Å²) in [6.45, 7) is 1.27. The molecule has 0 atom stereocenters. The molecule has 2 amide bonds. The van der Waals surface area contributed by atoms with E-state index in [9.17, 15) is 14.4 Å². The molecule has 0 saturated heterocycles. The van der Waals surface area contributed by atoms with Crippen molar-refractivity contribution in [1.82, 2.24) is 10.4 Å². The van der Waals surface area contributed by atoms with E-state index in [2.05, 4.69) is 5.43 Å². The summed E-state index contributed by atoms with van der Waals surface area (Å²) in [4.78, 5) is 36.0. The maximum Gasteiger partial charge on any atom is 0.429 e. The van der Waals surface area contributed by atoms with Crippen LogP contribution in [-0.4, -0.2) is 36.3 Å². The Morgan fingerprint density at radius 1 is 0.821 bits per heavy atom. The van der Waals surface area contributed by atoms with Gasteiger partial charge in [0.1, 0.15) is 19.8 Å². The molecule has 0 bridgehead atoms. The molecule has 0 aliphatic heterocycles. The predicted molar refractivity (Wildman–Crippen MR) is 99.7 cm³/mol. The van der Waals surface area contributed by atoms with Crippen LogP contribution in [0.4, 0.5) is 9.59 Å². The van der Waals surface area contributed by atoms with Gasteiger partial charge in [-0.2, -0.15) is 0 Å². The van der Waals surface area contributed by atoms with Crippen LogP contribution in [-0.2, 0) is 32.2 Å². The number of benzene rings is 2. The number of ether oxygens (including phenoxy) is 3. The second-order valence-electron chi connectivity index (χ2n) is 5.60. The van der Waals surface area contributed by atoms with Crippen molar-refractivity contribution < 1.29 is 28.6 Å². The summed E-state index contributed by atoms with van der Waals surface area (Å²) in [6, 6.07) is 18.0. The van der Waals surface area contributed by atoms with Crippen molar-refractivity contribution in [3.8, 4) is 0 Å². The molecule has 0 fully saturated rings. The summed E-state index contributed by atoms with van der Waals surface area (Å²) in [5.41, 5.74) is 3.75. The summed E-state index contributed by atoms with van der Waals surface area (Å²) in [5.74, 6) is -0.692. The lowest BCUT2D eigenvalue weighted by molar-refractivity contribution is -0.144. The minimum Gasteiger partial charge on any atom is -0.465 e. The van der Waals surface area contributed by atoms with E-state index in [0.29, 0.717) is 5.01 Å². The number of carbonyl (C=O) groups is 3. The lowest BCUT2D eigenvalue weighted by Gasteiger charge is -2.21. The molecule has 1 N–H and O–H groups in total. The molecule has 0 radical (unpaired) electrons. The zero-order valence-electron chi connectivity index (χ0n) is 15.5. The number of esters is 1. The standard InChI is InChI=1S/C20H22N2O6/c1-2-26-18(23)13-22(20(25)28-15-17-11-7-4-8-12-17)21-19(24)27-14-16-9-5-3-6-10-16/h3-12H,2,13-15H2,1H3,(H,21,24). The van der Waals surface area contributed by atoms with Crippen LogP contribution >= 0.6 is 0 Å². The Balaban J connectivity index is 1.92. The molecule has 0 aromatic heterocycles. The molecule has 2 aromatic carbocycles. The fourth-order valence-corrected chi connectivity index (χ4v) is 2.15. The summed E-state index contributed by atoms with van der Waals surface area (Å²) >= 11 is 0. The van der Waals surface area contributed by atoms with Gasteiger partial charge in [0.05, 0.1) is 6.61 Å². The maximum absolute atomic E-state index is 12.3. The zero-order chi connectivity index (χ0) is 20.2. The van der Waals surface area contributed by atoms with Crippen LogP contribution in [0.25, 0.3) is 0 Å². The van der Waals surface area contributed by atoms with E-state index in [-0.39, 0.29) is 19.8 Å². The maximum atomic E-state index is 12.3. The van der Waals surface area contributed by atoms with E-state index in [1.54, 1.807) is 43.3 Å². The van der Waals surface area contributed by atoms with Crippen LogP contribution < -0.4 is 5.43 Å². The molecule has 2 rings (SSSR count). The Labute approximate surface area is 163 Å². The quantitative estimate of drug-likeness (QED) is 0.447. The van der Waals surface area contributed by atoms with Gasteiger partial charge in [-0.05, 0) is 18.1 Å². The molecule has 0 spiro atoms. The third kappa shape index (κ3) is 7.36. The lowest BCUT2D eigenvalue weighted by atomic mass is 10.2. The van der Waals surface area contributed by atoms with Crippen molar-refractivity contribution in [2.24, 2.45) is 0 Å². The van der Waals surface area contributed by atoms with Crippen molar-refractivity contribution in [3.63, 3.8) is 0 Å². The van der Waals surface area contributed by atoms with Crippen molar-refractivity contribution in [2.45, 2.75) is 20.1 Å². The smallest absolute Gasteiger partial charge is 0.429 e. The van der Waals surface area contributed by atoms with Crippen molar-refractivity contribution in [1.29, 1.82) is 0 Å². The van der Waals surface area contributed by atoms with Crippen LogP contribution in [0.1, 0.15) is 18.1 Å². The minimum absolute atomic E-state index is 0.0129. The van der Waals surface area contributed by atoms with Gasteiger partial charge in [0.25, 0.3) is 0 Å². The topological polar surface area (TPSA) is 94.2 Å². The van der Waals surface area contributed by atoms with Crippen molar-refractivity contribution >= 4 is 18.2 Å². The number of nitrogens with zero attached hydrogens (tertiary/aromatic N) is 1. The zero-order valence-corrected chi connectivity index (χ0v) is 15.5. The molecule has 8 heteroatoms. The first-order valence-electron chi connectivity index (χ1n) is 8.69. The van der Waals surface area contributed by atoms with Crippen LogP contribution in [0.3, 0.4) is 0 Å². The van der Waals surface area contributed by atoms with Crippen molar-refractivity contribution in [2.75, 3.05) is 13.2 Å². The van der Waals surface area contributed by atoms with E-state index < -0.39 is 24.7 Å². The summed E-state index contributed by atoms with van der Waals surface area (Å²) in [7, 11) is 0. The van der Waals surface area contributed by atoms with Crippen molar-refractivity contribution in [3.05, 3.63) is 71.8 Å². The van der Waals surface area contributed by atoms with E-state index >= 15 is 0 Å². The van der Waals surface area contributed by atoms with Gasteiger partial charge in [-0.15, -0.1) is 0 Å². The van der Waals surface area contributed by atoms with Crippen LogP contribution in [0.5, 0.6) is 0 Å². The van der Waals surface area contributed by atoms with Gasteiger partial charge >= 0.3 is 18.2 Å². The molecule has 28 heavy (non-hydrogen) atoms. The van der Waals surface area contributed by atoms with Crippen LogP contribution in [0.2, 0.25) is 0 Å². The Morgan fingerprint density at radius 3 is 1.89 bits per heavy atom. The molecule has 0 heterocycles. The van der Waals surface area contributed by atoms with Gasteiger partial charge < -0.3 is 14.2 Å². The van der Waals surface area contributed by atoms with Gasteiger partial charge in [0.2, 0.25) is 0 Å². The second kappa shape index (κ2) is 11.2. The van der Waals surface area contributed by atoms with Gasteiger partial charge in [-0.25, -0.2) is 20.0 Å². The fraction of sp³-hybridized carbons (Fsp3) is 0.250. The molecule has 8 nitrogen and oxygen atoms in total. The highest BCUT2D eigenvalue weighted by atomic mass is 16.6. The minimum atomic E-state index is -0.909. The first-order chi connectivity index (χ1) is 13.6. The summed E-state index contributed by atoms with van der Waals surface area (Å²) < 4.78 is 15.0. The third-order valence-corrected chi connectivity index (χ3v) is 3.46. The number of amides is 2. The van der Waals surface area contributed by atoms with Crippen LogP contribution in [0, 0.1) is 0 Å². The molecule has 0 aliphatic carbocycles. The first kappa shape index (κ1) is 20.8. The highest BCUT2D eigenvalue weighted by molar-refractivity contribution is 5.80. The number of hydrazine groups is 1. The molecular formula is C20H22N2O6. The van der Waals surface area contributed by atoms with Gasteiger partial charge in [0, 0.05) is 0 Å². The third-order valence-electron chi connectivity index (χ3n) is 3.46. The number of hydrogen-bond donors (Lipinski definition) is 1. The van der Waals surface area contributed by atoms with Gasteiger partial charge in [-0.1, -0.05) is 60.7 Å². The predicted octanol–water partition coefficient (Wildman–Crippen LogP) is 3.03. The second-order valence-corrected chi connectivity index (χ2v) is 5.60. The highest BCUT2D eigenvalue weighted by Gasteiger charge is 2.22. The number of rotatable bonds is 7. The highest BCUT2D eigenvalue weighted by Crippen LogP contribution is 2.04. The Hall–Kier alpha value is -3.55. The Kier molecular flexibility index (Phi) is 8.32. The first-order valence-corrected chi connectivity index (χ1v) is 8.69. The average Bonchev–Trinajstić information content (AvgIpc) is 2.71. The van der Waals surface area contributed by atoms with E-state index in [1.165, 1.54) is 0 Å². The van der Waals surface area contributed by atoms with Crippen LogP contribution in [0.15, 0.2) is 60.7 Å². The normalized spacial score (nSPS) is 9.89. The largest absolute Gasteiger partial charge is 0.465 e. The van der Waals surface area contributed by atoms with E-state index in [1.807, 2.05) is 24.3 Å².